The Hall–Kier alpha value is -3.15. The Kier molecular flexibility index (Phi) is 19.4. The van der Waals surface area contributed by atoms with Gasteiger partial charge < -0.3 is 0 Å². The molecule has 0 aliphatic rings. The third-order valence-electron chi connectivity index (χ3n) is 7.69. The Morgan fingerprint density at radius 2 is 0.558 bits per heavy atom. The van der Waals surface area contributed by atoms with Crippen LogP contribution in [-0.4, -0.2) is 19.8 Å². The molecule has 0 N–H and O–H groups in total. The average Bonchev–Trinajstić information content (AvgIpc) is 3.21. The fourth-order valence-corrected chi connectivity index (χ4v) is 17.1. The summed E-state index contributed by atoms with van der Waals surface area (Å²) in [6.07, 6.45) is 5.14. The van der Waals surface area contributed by atoms with Gasteiger partial charge in [0.1, 0.15) is 0 Å². The zero-order valence-electron chi connectivity index (χ0n) is 29.9. The molecule has 5 aromatic rings. The van der Waals surface area contributed by atoms with Gasteiger partial charge in [-0.1, -0.05) is 0 Å². The SMILES string of the molecule is C=CC[O][Zr]([CH2]c1ccccc1)([O]CC=C)[O]CC=C.c1ccc(C[O][Zr]([CH2]c2ccccc2)([O]Cc2ccccc2)[O]Cc2ccccc2)cc1. The fourth-order valence-electron chi connectivity index (χ4n) is 5.11. The molecule has 5 rings (SSSR count). The van der Waals surface area contributed by atoms with Crippen LogP contribution in [0.3, 0.4) is 0 Å². The average molecular weight is 857 g/mol. The molecule has 0 radical (unpaired) electrons. The van der Waals surface area contributed by atoms with Crippen molar-refractivity contribution in [2.45, 2.75) is 28.1 Å². The van der Waals surface area contributed by atoms with Crippen molar-refractivity contribution in [2.24, 2.45) is 0 Å². The number of hydrogen-bond acceptors (Lipinski definition) is 6. The second-order valence-electron chi connectivity index (χ2n) is 11.8. The molecule has 52 heavy (non-hydrogen) atoms. The molecule has 0 saturated heterocycles. The van der Waals surface area contributed by atoms with E-state index in [2.05, 4.69) is 92.5 Å². The second kappa shape index (κ2) is 24.2. The summed E-state index contributed by atoms with van der Waals surface area (Å²) in [5, 5.41) is 0. The van der Waals surface area contributed by atoms with E-state index in [-0.39, 0.29) is 0 Å². The van der Waals surface area contributed by atoms with E-state index in [1.54, 1.807) is 18.2 Å². The summed E-state index contributed by atoms with van der Waals surface area (Å²) >= 11 is -7.69. The van der Waals surface area contributed by atoms with Crippen molar-refractivity contribution < 1.29 is 60.1 Å². The predicted molar refractivity (Wildman–Crippen MR) is 202 cm³/mol. The first kappa shape index (κ1) is 41.6. The first-order chi connectivity index (χ1) is 25.6. The molecule has 0 bridgehead atoms. The maximum absolute atomic E-state index is 6.63. The molecule has 0 aromatic heterocycles. The number of rotatable bonds is 22. The van der Waals surface area contributed by atoms with E-state index < -0.39 is 43.2 Å². The van der Waals surface area contributed by atoms with E-state index in [0.717, 1.165) is 22.3 Å². The van der Waals surface area contributed by atoms with Crippen LogP contribution in [-0.2, 0) is 88.1 Å². The van der Waals surface area contributed by atoms with Crippen molar-refractivity contribution in [3.63, 3.8) is 0 Å². The Balaban J connectivity index is 0.000000261. The summed E-state index contributed by atoms with van der Waals surface area (Å²) in [5.41, 5.74) is 5.69. The third kappa shape index (κ3) is 15.4. The number of benzene rings is 5. The summed E-state index contributed by atoms with van der Waals surface area (Å²) in [5.74, 6) is 0. The minimum absolute atomic E-state index is 0.428. The maximum atomic E-state index is 6.63. The van der Waals surface area contributed by atoms with Gasteiger partial charge in [-0.3, -0.25) is 0 Å². The van der Waals surface area contributed by atoms with Gasteiger partial charge in [-0.15, -0.1) is 0 Å². The second-order valence-corrected chi connectivity index (χ2v) is 24.5. The molecule has 5 aromatic carbocycles. The van der Waals surface area contributed by atoms with Crippen LogP contribution in [0.4, 0.5) is 0 Å². The van der Waals surface area contributed by atoms with E-state index in [4.69, 9.17) is 16.9 Å². The molecule has 0 aliphatic heterocycles. The zero-order valence-corrected chi connectivity index (χ0v) is 34.8. The molecule has 0 saturated carbocycles. The summed E-state index contributed by atoms with van der Waals surface area (Å²) in [6.45, 7) is 13.8. The Labute approximate surface area is 322 Å². The quantitative estimate of drug-likeness (QED) is 0.0647. The Bertz CT molecular complexity index is 1550. The van der Waals surface area contributed by atoms with E-state index in [0.29, 0.717) is 47.9 Å². The van der Waals surface area contributed by atoms with Crippen LogP contribution < -0.4 is 0 Å². The predicted octanol–water partition coefficient (Wildman–Crippen LogP) is 10.4. The Morgan fingerprint density at radius 1 is 0.327 bits per heavy atom. The molecule has 0 heterocycles. The van der Waals surface area contributed by atoms with Gasteiger partial charge in [0, 0.05) is 0 Å². The van der Waals surface area contributed by atoms with Gasteiger partial charge in [0.2, 0.25) is 0 Å². The molecule has 0 amide bonds. The molecule has 0 unspecified atom stereocenters. The van der Waals surface area contributed by atoms with Crippen molar-refractivity contribution in [3.05, 3.63) is 217 Å². The van der Waals surface area contributed by atoms with Crippen LogP contribution in [0.5, 0.6) is 0 Å². The van der Waals surface area contributed by atoms with Gasteiger partial charge >= 0.3 is 325 Å². The van der Waals surface area contributed by atoms with Crippen LogP contribution in [0.1, 0.15) is 27.8 Å². The molecular formula is C44H50O6Zr2. The summed E-state index contributed by atoms with van der Waals surface area (Å²) in [6, 6.07) is 51.2. The van der Waals surface area contributed by atoms with Gasteiger partial charge in [-0.25, -0.2) is 0 Å². The van der Waals surface area contributed by atoms with E-state index in [1.165, 1.54) is 5.56 Å². The number of hydrogen-bond donors (Lipinski definition) is 0. The normalized spacial score (nSPS) is 11.2. The summed E-state index contributed by atoms with van der Waals surface area (Å²) < 4.78 is 39.1. The van der Waals surface area contributed by atoms with Crippen molar-refractivity contribution in [1.29, 1.82) is 0 Å². The first-order valence-corrected chi connectivity index (χ1v) is 26.9. The third-order valence-corrected chi connectivity index (χ3v) is 20.6. The summed E-state index contributed by atoms with van der Waals surface area (Å²) in [7, 11) is 0. The standard InChI is InChI=1S/3C7H7O.2C7H7.3C3H5O.2Zr/c3*8-6-7-4-2-1-3-5-7;2*1-7-5-3-2-4-6-7;3*1-2-3-4;;/h3*1-5H,6H2;2*2-6H,1H2;3*2H,1,3H2;;/q3*-1;;;3*-1;2*+3. The van der Waals surface area contributed by atoms with Crippen molar-refractivity contribution in [1.82, 2.24) is 0 Å². The van der Waals surface area contributed by atoms with E-state index in [1.807, 2.05) is 78.9 Å². The van der Waals surface area contributed by atoms with Crippen LogP contribution >= 0.6 is 0 Å². The van der Waals surface area contributed by atoms with E-state index >= 15 is 0 Å². The molecule has 0 fully saturated rings. The van der Waals surface area contributed by atoms with Gasteiger partial charge in [0.15, 0.2) is 0 Å². The monoisotopic (exact) mass is 854 g/mol. The van der Waals surface area contributed by atoms with Crippen molar-refractivity contribution in [3.8, 4) is 0 Å². The molecule has 0 aliphatic carbocycles. The van der Waals surface area contributed by atoms with Gasteiger partial charge in [-0.05, 0) is 0 Å². The first-order valence-electron chi connectivity index (χ1n) is 17.4. The molecule has 0 atom stereocenters. The molecule has 0 spiro atoms. The van der Waals surface area contributed by atoms with Crippen LogP contribution in [0.15, 0.2) is 190 Å². The van der Waals surface area contributed by atoms with Crippen LogP contribution in [0, 0.1) is 0 Å². The summed E-state index contributed by atoms with van der Waals surface area (Å²) in [4.78, 5) is 0. The Morgan fingerprint density at radius 3 is 0.808 bits per heavy atom. The molecule has 6 nitrogen and oxygen atoms in total. The van der Waals surface area contributed by atoms with Crippen molar-refractivity contribution in [2.75, 3.05) is 19.8 Å². The topological polar surface area (TPSA) is 55.4 Å². The van der Waals surface area contributed by atoms with Gasteiger partial charge in [-0.2, -0.15) is 0 Å². The van der Waals surface area contributed by atoms with Crippen LogP contribution in [0.25, 0.3) is 0 Å². The molecule has 8 heteroatoms. The molecule has 270 valence electrons. The van der Waals surface area contributed by atoms with Crippen molar-refractivity contribution >= 4 is 0 Å². The zero-order chi connectivity index (χ0) is 36.6. The van der Waals surface area contributed by atoms with Gasteiger partial charge in [0.25, 0.3) is 0 Å². The van der Waals surface area contributed by atoms with Crippen LogP contribution in [0.2, 0.25) is 0 Å². The van der Waals surface area contributed by atoms with Gasteiger partial charge in [0.05, 0.1) is 0 Å². The molecular weight excluding hydrogens is 807 g/mol. The fraction of sp³-hybridized carbons (Fsp3) is 0.182. The van der Waals surface area contributed by atoms with E-state index in [9.17, 15) is 0 Å². The minimum atomic E-state index is -4.03.